The first-order valence-corrected chi connectivity index (χ1v) is 4.05. The average molecular weight is 190 g/mol. The van der Waals surface area contributed by atoms with Crippen molar-refractivity contribution in [3.05, 3.63) is 35.4 Å². The van der Waals surface area contributed by atoms with E-state index in [4.69, 9.17) is 0 Å². The Labute approximate surface area is 76.4 Å². The molecule has 0 aliphatic heterocycles. The molecule has 0 heterocycles. The van der Waals surface area contributed by atoms with Gasteiger partial charge in [-0.05, 0) is 24.1 Å². The Bertz CT molecular complexity index is 226. The molecule has 0 spiro atoms. The summed E-state index contributed by atoms with van der Waals surface area (Å²) in [6.07, 6.45) is 1.64. The molecule has 1 aromatic carbocycles. The highest BCUT2D eigenvalue weighted by Gasteiger charge is 1.98. The number of rotatable bonds is 2. The zero-order valence-corrected chi connectivity index (χ0v) is 7.78. The van der Waals surface area contributed by atoms with Crippen LogP contribution in [0.15, 0.2) is 18.2 Å². The minimum absolute atomic E-state index is 0.492. The fourth-order valence-corrected chi connectivity index (χ4v) is 1.04. The summed E-state index contributed by atoms with van der Waals surface area (Å²) in [7, 11) is 0.500. The van der Waals surface area contributed by atoms with Gasteiger partial charge in [0, 0.05) is 6.07 Å². The van der Waals surface area contributed by atoms with Gasteiger partial charge in [-0.3, -0.25) is 4.39 Å². The second-order valence-corrected chi connectivity index (χ2v) is 2.53. The molecule has 0 unspecified atom stereocenters. The van der Waals surface area contributed by atoms with Gasteiger partial charge >= 0.3 is 0 Å². The molecule has 0 radical (unpaired) electrons. The summed E-state index contributed by atoms with van der Waals surface area (Å²) in [6.45, 7) is 1.98. The van der Waals surface area contributed by atoms with Crippen molar-refractivity contribution in [2.24, 2.45) is 0 Å². The minimum atomic E-state index is -0.492. The van der Waals surface area contributed by atoms with Crippen LogP contribution in [0.5, 0.6) is 0 Å². The topological polar surface area (TPSA) is 0 Å². The number of halogens is 3. The molecule has 0 aliphatic carbocycles. The van der Waals surface area contributed by atoms with E-state index in [0.29, 0.717) is 7.18 Å². The summed E-state index contributed by atoms with van der Waals surface area (Å²) in [5.41, 5.74) is 0.727. The van der Waals surface area contributed by atoms with Crippen molar-refractivity contribution in [1.29, 1.82) is 0 Å². The van der Waals surface area contributed by atoms with Gasteiger partial charge in [0.25, 0.3) is 0 Å². The first-order chi connectivity index (χ1) is 6.22. The van der Waals surface area contributed by atoms with Gasteiger partial charge in [0.2, 0.25) is 0 Å². The van der Waals surface area contributed by atoms with E-state index in [1.807, 2.05) is 6.92 Å². The van der Waals surface area contributed by atoms with E-state index in [2.05, 4.69) is 0 Å². The van der Waals surface area contributed by atoms with Crippen LogP contribution in [0.2, 0.25) is 0 Å². The normalized spacial score (nSPS) is 9.00. The van der Waals surface area contributed by atoms with Gasteiger partial charge in [-0.2, -0.15) is 0 Å². The van der Waals surface area contributed by atoms with Gasteiger partial charge in [0.05, 0.1) is 7.18 Å². The van der Waals surface area contributed by atoms with Gasteiger partial charge in [0.1, 0.15) is 11.6 Å². The number of benzene rings is 1. The molecule has 1 aromatic rings. The van der Waals surface area contributed by atoms with E-state index in [-0.39, 0.29) is 0 Å². The molecule has 0 saturated carbocycles. The molecule has 0 aromatic heterocycles. The molecule has 0 saturated heterocycles. The van der Waals surface area contributed by atoms with Crippen LogP contribution in [-0.4, -0.2) is 7.18 Å². The molecule has 74 valence electrons. The smallest absolute Gasteiger partial charge is 0.126 e. The Kier molecular flexibility index (Phi) is 6.02. The number of hydrogen-bond acceptors (Lipinski definition) is 0. The lowest BCUT2D eigenvalue weighted by atomic mass is 10.1. The summed E-state index contributed by atoms with van der Waals surface area (Å²) in [5, 5.41) is 0. The van der Waals surface area contributed by atoms with Crippen LogP contribution in [0, 0.1) is 11.6 Å². The van der Waals surface area contributed by atoms with E-state index in [0.717, 1.165) is 24.5 Å². The van der Waals surface area contributed by atoms with Crippen LogP contribution in [0.1, 0.15) is 18.9 Å². The van der Waals surface area contributed by atoms with E-state index in [1.165, 1.54) is 12.1 Å². The van der Waals surface area contributed by atoms with Crippen molar-refractivity contribution in [3.63, 3.8) is 0 Å². The van der Waals surface area contributed by atoms with Crippen LogP contribution in [0.25, 0.3) is 0 Å². The molecular formula is C10H13F3. The van der Waals surface area contributed by atoms with Crippen molar-refractivity contribution in [2.45, 2.75) is 19.8 Å². The minimum Gasteiger partial charge on any atom is -0.255 e. The average Bonchev–Trinajstić information content (AvgIpc) is 2.06. The van der Waals surface area contributed by atoms with Crippen LogP contribution in [-0.2, 0) is 6.42 Å². The summed E-state index contributed by atoms with van der Waals surface area (Å²) < 4.78 is 34.5. The Morgan fingerprint density at radius 1 is 1.00 bits per heavy atom. The molecule has 13 heavy (non-hydrogen) atoms. The Morgan fingerprint density at radius 2 is 1.46 bits per heavy atom. The monoisotopic (exact) mass is 190 g/mol. The van der Waals surface area contributed by atoms with Crippen molar-refractivity contribution in [2.75, 3.05) is 7.18 Å². The second-order valence-electron chi connectivity index (χ2n) is 2.53. The molecule has 1 rings (SSSR count). The number of hydrogen-bond donors (Lipinski definition) is 0. The van der Waals surface area contributed by atoms with Crippen LogP contribution in [0.3, 0.4) is 0 Å². The quantitative estimate of drug-likeness (QED) is 0.669. The lowest BCUT2D eigenvalue weighted by molar-refractivity contribution is 0.579. The number of alkyl halides is 1. The van der Waals surface area contributed by atoms with Gasteiger partial charge in [-0.1, -0.05) is 13.3 Å². The van der Waals surface area contributed by atoms with E-state index >= 15 is 0 Å². The highest BCUT2D eigenvalue weighted by molar-refractivity contribution is 5.17. The fourth-order valence-electron chi connectivity index (χ4n) is 1.04. The Hall–Kier alpha value is -0.990. The van der Waals surface area contributed by atoms with Gasteiger partial charge in [0.15, 0.2) is 0 Å². The van der Waals surface area contributed by atoms with E-state index in [1.54, 1.807) is 0 Å². The number of aryl methyl sites for hydroxylation is 1. The Balaban J connectivity index is 0.000000671. The van der Waals surface area contributed by atoms with E-state index < -0.39 is 11.6 Å². The van der Waals surface area contributed by atoms with Crippen LogP contribution >= 0.6 is 0 Å². The highest BCUT2D eigenvalue weighted by Crippen LogP contribution is 2.09. The van der Waals surface area contributed by atoms with Crippen LogP contribution in [0.4, 0.5) is 13.2 Å². The first kappa shape index (κ1) is 12.0. The molecule has 0 nitrogen and oxygen atoms in total. The third-order valence-electron chi connectivity index (χ3n) is 1.46. The van der Waals surface area contributed by atoms with Crippen molar-refractivity contribution < 1.29 is 13.2 Å². The fraction of sp³-hybridized carbons (Fsp3) is 0.400. The van der Waals surface area contributed by atoms with Gasteiger partial charge < -0.3 is 0 Å². The SMILES string of the molecule is CCCc1cc(F)cc(F)c1.CF. The zero-order chi connectivity index (χ0) is 10.3. The zero-order valence-electron chi connectivity index (χ0n) is 7.78. The predicted octanol–water partition coefficient (Wildman–Crippen LogP) is 3.50. The van der Waals surface area contributed by atoms with Crippen molar-refractivity contribution in [3.8, 4) is 0 Å². The first-order valence-electron chi connectivity index (χ1n) is 4.05. The molecule has 3 heteroatoms. The second kappa shape index (κ2) is 6.52. The summed E-state index contributed by atoms with van der Waals surface area (Å²) in [5.74, 6) is -0.984. The molecule has 0 fully saturated rings. The molecule has 0 amide bonds. The maximum atomic E-state index is 12.5. The third kappa shape index (κ3) is 4.55. The molecule has 0 atom stereocenters. The maximum Gasteiger partial charge on any atom is 0.126 e. The van der Waals surface area contributed by atoms with Gasteiger partial charge in [-0.25, -0.2) is 8.78 Å². The van der Waals surface area contributed by atoms with E-state index in [9.17, 15) is 13.2 Å². The molecule has 0 bridgehead atoms. The maximum absolute atomic E-state index is 12.5. The summed E-state index contributed by atoms with van der Waals surface area (Å²) in [6, 6.07) is 3.62. The molecule has 0 N–H and O–H groups in total. The standard InChI is InChI=1S/C9H10F2.CH3F/c1-2-3-7-4-8(10)6-9(11)5-7;1-2/h4-6H,2-3H2,1H3;1H3. The van der Waals surface area contributed by atoms with Crippen molar-refractivity contribution >= 4 is 0 Å². The Morgan fingerprint density at radius 3 is 1.85 bits per heavy atom. The molecule has 0 aliphatic rings. The third-order valence-corrected chi connectivity index (χ3v) is 1.46. The molecular weight excluding hydrogens is 177 g/mol. The summed E-state index contributed by atoms with van der Waals surface area (Å²) >= 11 is 0. The lowest BCUT2D eigenvalue weighted by Gasteiger charge is -1.98. The largest absolute Gasteiger partial charge is 0.255 e. The van der Waals surface area contributed by atoms with Crippen LogP contribution < -0.4 is 0 Å². The highest BCUT2D eigenvalue weighted by atomic mass is 19.1. The van der Waals surface area contributed by atoms with Gasteiger partial charge in [-0.15, -0.1) is 0 Å². The lowest BCUT2D eigenvalue weighted by Crippen LogP contribution is -1.87. The van der Waals surface area contributed by atoms with Crippen molar-refractivity contribution in [1.82, 2.24) is 0 Å². The summed E-state index contributed by atoms with van der Waals surface area (Å²) in [4.78, 5) is 0. The predicted molar refractivity (Wildman–Crippen MR) is 47.4 cm³/mol.